The first-order valence-electron chi connectivity index (χ1n) is 6.89. The maximum absolute atomic E-state index is 11.3. The summed E-state index contributed by atoms with van der Waals surface area (Å²) in [6.45, 7) is 0.910. The van der Waals surface area contributed by atoms with Gasteiger partial charge in [0.15, 0.2) is 0 Å². The Morgan fingerprint density at radius 1 is 1.21 bits per heavy atom. The van der Waals surface area contributed by atoms with Gasteiger partial charge < -0.3 is 10.6 Å². The molecule has 0 spiro atoms. The molecule has 1 aliphatic carbocycles. The number of rotatable bonds is 3. The zero-order valence-electron chi connectivity index (χ0n) is 10.9. The second-order valence-electron chi connectivity index (χ2n) is 5.46. The second kappa shape index (κ2) is 5.03. The fraction of sp³-hybridized carbons (Fsp3) is 0.467. The second-order valence-corrected chi connectivity index (χ2v) is 5.46. The van der Waals surface area contributed by atoms with Crippen LogP contribution in [0.3, 0.4) is 0 Å². The Hall–Kier alpha value is -1.84. The molecule has 0 bridgehead atoms. The van der Waals surface area contributed by atoms with E-state index < -0.39 is 0 Å². The van der Waals surface area contributed by atoms with Gasteiger partial charge in [0, 0.05) is 30.8 Å². The van der Waals surface area contributed by atoms with E-state index in [1.807, 2.05) is 18.2 Å². The summed E-state index contributed by atoms with van der Waals surface area (Å²) in [5.41, 5.74) is 3.06. The smallest absolute Gasteiger partial charge is 0.228 e. The van der Waals surface area contributed by atoms with Crippen LogP contribution >= 0.6 is 0 Å². The molecule has 100 valence electrons. The van der Waals surface area contributed by atoms with Crippen LogP contribution in [0, 0.1) is 5.92 Å². The number of carbonyl (C=O) groups is 2. The van der Waals surface area contributed by atoms with E-state index in [2.05, 4.69) is 10.6 Å². The zero-order valence-corrected chi connectivity index (χ0v) is 10.9. The first-order valence-corrected chi connectivity index (χ1v) is 6.89. The summed E-state index contributed by atoms with van der Waals surface area (Å²) in [5, 5.41) is 6.25. The molecule has 2 aliphatic rings. The molecule has 0 aromatic heterocycles. The monoisotopic (exact) mass is 258 g/mol. The first-order chi connectivity index (χ1) is 9.20. The number of hydrogen-bond donors (Lipinski definition) is 2. The number of fused-ring (bicyclic) bond motifs is 1. The van der Waals surface area contributed by atoms with Crippen LogP contribution in [0.25, 0.3) is 0 Å². The summed E-state index contributed by atoms with van der Waals surface area (Å²) in [7, 11) is 0. The number of hydrogen-bond acceptors (Lipinski definition) is 3. The summed E-state index contributed by atoms with van der Waals surface area (Å²) >= 11 is 0. The van der Waals surface area contributed by atoms with Crippen molar-refractivity contribution in [2.45, 2.75) is 32.1 Å². The highest BCUT2D eigenvalue weighted by atomic mass is 16.1. The molecule has 0 atom stereocenters. The minimum Gasteiger partial charge on any atom is -0.385 e. The number of nitrogens with one attached hydrogen (secondary N) is 2. The predicted octanol–water partition coefficient (Wildman–Crippen LogP) is 2.35. The molecule has 0 unspecified atom stereocenters. The Morgan fingerprint density at radius 3 is 2.79 bits per heavy atom. The Morgan fingerprint density at radius 2 is 2.00 bits per heavy atom. The van der Waals surface area contributed by atoms with Gasteiger partial charge in [-0.15, -0.1) is 0 Å². The molecule has 1 heterocycles. The van der Waals surface area contributed by atoms with Crippen LogP contribution in [-0.4, -0.2) is 18.2 Å². The van der Waals surface area contributed by atoms with Crippen molar-refractivity contribution in [1.29, 1.82) is 0 Å². The summed E-state index contributed by atoms with van der Waals surface area (Å²) in [5.74, 6) is 1.06. The van der Waals surface area contributed by atoms with Crippen molar-refractivity contribution in [3.63, 3.8) is 0 Å². The highest BCUT2D eigenvalue weighted by Crippen LogP contribution is 2.27. The largest absolute Gasteiger partial charge is 0.385 e. The number of carbonyl (C=O) groups excluding carboxylic acids is 2. The van der Waals surface area contributed by atoms with E-state index in [0.717, 1.165) is 49.2 Å². The van der Waals surface area contributed by atoms with Crippen LogP contribution in [0.1, 0.15) is 31.2 Å². The van der Waals surface area contributed by atoms with Gasteiger partial charge in [0.2, 0.25) is 5.91 Å². The molecule has 0 radical (unpaired) electrons. The Labute approximate surface area is 112 Å². The van der Waals surface area contributed by atoms with E-state index in [9.17, 15) is 9.59 Å². The average molecular weight is 258 g/mol. The maximum atomic E-state index is 11.3. The molecule has 1 saturated carbocycles. The highest BCUT2D eigenvalue weighted by Gasteiger charge is 2.19. The quantitative estimate of drug-likeness (QED) is 0.875. The predicted molar refractivity (Wildman–Crippen MR) is 74.2 cm³/mol. The van der Waals surface area contributed by atoms with E-state index in [0.29, 0.717) is 18.1 Å². The van der Waals surface area contributed by atoms with Crippen molar-refractivity contribution in [2.24, 2.45) is 5.92 Å². The van der Waals surface area contributed by atoms with Gasteiger partial charge in [-0.3, -0.25) is 9.59 Å². The number of ketones is 1. The molecule has 19 heavy (non-hydrogen) atoms. The maximum Gasteiger partial charge on any atom is 0.228 e. The van der Waals surface area contributed by atoms with Gasteiger partial charge in [0.1, 0.15) is 5.78 Å². The lowest BCUT2D eigenvalue weighted by Gasteiger charge is -2.21. The Bertz CT molecular complexity index is 515. The van der Waals surface area contributed by atoms with Gasteiger partial charge in [-0.25, -0.2) is 0 Å². The summed E-state index contributed by atoms with van der Waals surface area (Å²) < 4.78 is 0. The van der Waals surface area contributed by atoms with Crippen molar-refractivity contribution in [3.8, 4) is 0 Å². The molecule has 2 N–H and O–H groups in total. The third-order valence-electron chi connectivity index (χ3n) is 3.99. The molecular formula is C15H18N2O2. The van der Waals surface area contributed by atoms with Gasteiger partial charge in [-0.1, -0.05) is 0 Å². The summed E-state index contributed by atoms with van der Waals surface area (Å²) in [6, 6.07) is 5.99. The normalized spacial score (nSPS) is 19.2. The van der Waals surface area contributed by atoms with E-state index in [1.54, 1.807) is 0 Å². The lowest BCUT2D eigenvalue weighted by atomic mass is 9.88. The molecular weight excluding hydrogens is 240 g/mol. The Balaban J connectivity index is 1.57. The van der Waals surface area contributed by atoms with Crippen molar-refractivity contribution in [1.82, 2.24) is 0 Å². The molecule has 1 aromatic carbocycles. The third-order valence-corrected chi connectivity index (χ3v) is 3.99. The fourth-order valence-corrected chi connectivity index (χ4v) is 2.81. The standard InChI is InChI=1S/C15H18N2O2/c18-13-4-1-10(2-5-13)9-16-12-3-6-14-11(7-12)8-15(19)17-14/h3,6-7,10,16H,1-2,4-5,8-9H2,(H,17,19). The number of Topliss-reactive ketones (excluding diaryl/α,β-unsaturated/α-hetero) is 1. The van der Waals surface area contributed by atoms with Crippen molar-refractivity contribution >= 4 is 23.1 Å². The Kier molecular flexibility index (Phi) is 3.23. The van der Waals surface area contributed by atoms with Crippen LogP contribution in [0.2, 0.25) is 0 Å². The molecule has 4 nitrogen and oxygen atoms in total. The van der Waals surface area contributed by atoms with Gasteiger partial charge in [0.05, 0.1) is 6.42 Å². The van der Waals surface area contributed by atoms with E-state index in [-0.39, 0.29) is 5.91 Å². The number of anilines is 2. The lowest BCUT2D eigenvalue weighted by Crippen LogP contribution is -2.21. The SMILES string of the molecule is O=C1CCC(CNc2ccc3c(c2)CC(=O)N3)CC1. The molecule has 0 saturated heterocycles. The summed E-state index contributed by atoms with van der Waals surface area (Å²) in [6.07, 6.45) is 3.93. The van der Waals surface area contributed by atoms with Crippen LogP contribution in [-0.2, 0) is 16.0 Å². The van der Waals surface area contributed by atoms with Crippen LogP contribution in [0.5, 0.6) is 0 Å². The van der Waals surface area contributed by atoms with Gasteiger partial charge in [-0.2, -0.15) is 0 Å². The zero-order chi connectivity index (χ0) is 13.2. The summed E-state index contributed by atoms with van der Waals surface area (Å²) in [4.78, 5) is 22.5. The molecule has 1 fully saturated rings. The van der Waals surface area contributed by atoms with Crippen molar-refractivity contribution < 1.29 is 9.59 Å². The van der Waals surface area contributed by atoms with Crippen LogP contribution in [0.4, 0.5) is 11.4 Å². The minimum absolute atomic E-state index is 0.0675. The van der Waals surface area contributed by atoms with E-state index >= 15 is 0 Å². The minimum atomic E-state index is 0.0675. The first kappa shape index (κ1) is 12.2. The lowest BCUT2D eigenvalue weighted by molar-refractivity contribution is -0.121. The van der Waals surface area contributed by atoms with Gasteiger partial charge in [0.25, 0.3) is 0 Å². The van der Waals surface area contributed by atoms with Gasteiger partial charge >= 0.3 is 0 Å². The topological polar surface area (TPSA) is 58.2 Å². The molecule has 1 aliphatic heterocycles. The van der Waals surface area contributed by atoms with Crippen LogP contribution < -0.4 is 10.6 Å². The van der Waals surface area contributed by atoms with E-state index in [4.69, 9.17) is 0 Å². The average Bonchev–Trinajstić information content (AvgIpc) is 2.77. The number of amides is 1. The van der Waals surface area contributed by atoms with E-state index in [1.165, 1.54) is 0 Å². The fourth-order valence-electron chi connectivity index (χ4n) is 2.81. The van der Waals surface area contributed by atoms with Crippen LogP contribution in [0.15, 0.2) is 18.2 Å². The number of benzene rings is 1. The molecule has 4 heteroatoms. The van der Waals surface area contributed by atoms with Crippen molar-refractivity contribution in [2.75, 3.05) is 17.2 Å². The molecule has 1 aromatic rings. The third kappa shape index (κ3) is 2.78. The molecule has 1 amide bonds. The highest BCUT2D eigenvalue weighted by molar-refractivity contribution is 5.99. The van der Waals surface area contributed by atoms with Crippen molar-refractivity contribution in [3.05, 3.63) is 23.8 Å². The van der Waals surface area contributed by atoms with Gasteiger partial charge in [-0.05, 0) is 42.5 Å². The molecule has 3 rings (SSSR count).